The predicted octanol–water partition coefficient (Wildman–Crippen LogP) is 0.562. The van der Waals surface area contributed by atoms with Crippen molar-refractivity contribution in [3.05, 3.63) is 29.8 Å². The molecule has 0 aliphatic rings. The van der Waals surface area contributed by atoms with E-state index in [0.29, 0.717) is 11.4 Å². The maximum absolute atomic E-state index is 11.5. The maximum atomic E-state index is 11.5. The molecule has 0 saturated carbocycles. The smallest absolute Gasteiger partial charge is 0.178 e. The second-order valence-electron chi connectivity index (χ2n) is 3.46. The Hall–Kier alpha value is -0.910. The van der Waals surface area contributed by atoms with Gasteiger partial charge in [-0.1, -0.05) is 19.1 Å². The molecule has 4 nitrogen and oxygen atoms in total. The third-order valence-electron chi connectivity index (χ3n) is 2.36. The van der Waals surface area contributed by atoms with E-state index in [1.165, 1.54) is 0 Å². The number of hydrogen-bond donors (Lipinski definition) is 2. The van der Waals surface area contributed by atoms with Crippen LogP contribution in [0.1, 0.15) is 12.5 Å². The van der Waals surface area contributed by atoms with Crippen molar-refractivity contribution in [1.29, 1.82) is 0 Å². The monoisotopic (exact) mass is 243 g/mol. The van der Waals surface area contributed by atoms with Crippen LogP contribution in [0, 0.1) is 0 Å². The van der Waals surface area contributed by atoms with Crippen molar-refractivity contribution >= 4 is 9.84 Å². The summed E-state index contributed by atoms with van der Waals surface area (Å²) in [5.74, 6) is 0.123. The van der Waals surface area contributed by atoms with Crippen LogP contribution < -0.4 is 5.32 Å². The number of nitrogens with one attached hydrogen (secondary N) is 1. The Labute approximate surface area is 96.2 Å². The van der Waals surface area contributed by atoms with Crippen molar-refractivity contribution < 1.29 is 13.5 Å². The lowest BCUT2D eigenvalue weighted by molar-refractivity contribution is 0.262. The molecular formula is C11H17NO3S. The van der Waals surface area contributed by atoms with E-state index in [-0.39, 0.29) is 12.5 Å². The lowest BCUT2D eigenvalue weighted by Gasteiger charge is -2.04. The van der Waals surface area contributed by atoms with Gasteiger partial charge in [0.15, 0.2) is 9.84 Å². The van der Waals surface area contributed by atoms with Gasteiger partial charge in [-0.2, -0.15) is 0 Å². The topological polar surface area (TPSA) is 66.4 Å². The molecule has 0 saturated heterocycles. The second-order valence-corrected chi connectivity index (χ2v) is 5.73. The molecule has 0 atom stereocenters. The van der Waals surface area contributed by atoms with Gasteiger partial charge in [-0.25, -0.2) is 8.42 Å². The fraction of sp³-hybridized carbons (Fsp3) is 0.455. The van der Waals surface area contributed by atoms with Crippen LogP contribution in [-0.2, 0) is 16.3 Å². The number of rotatable bonds is 6. The molecule has 0 spiro atoms. The molecule has 0 aliphatic carbocycles. The van der Waals surface area contributed by atoms with E-state index in [1.54, 1.807) is 19.1 Å². The van der Waals surface area contributed by atoms with Gasteiger partial charge in [0.05, 0.1) is 17.4 Å². The maximum Gasteiger partial charge on any atom is 0.178 e. The lowest BCUT2D eigenvalue weighted by Crippen LogP contribution is -2.17. The molecule has 1 aromatic rings. The van der Waals surface area contributed by atoms with Crippen LogP contribution in [0.5, 0.6) is 0 Å². The SMILES string of the molecule is CCS(=O)(=O)c1ccc(CCNCO)cc1. The number of sulfone groups is 1. The molecule has 0 fully saturated rings. The molecule has 0 bridgehead atoms. The van der Waals surface area contributed by atoms with Gasteiger partial charge in [-0.3, -0.25) is 5.32 Å². The highest BCUT2D eigenvalue weighted by molar-refractivity contribution is 7.91. The molecule has 16 heavy (non-hydrogen) atoms. The van der Waals surface area contributed by atoms with E-state index in [9.17, 15) is 8.42 Å². The number of aliphatic hydroxyl groups is 1. The number of benzene rings is 1. The van der Waals surface area contributed by atoms with E-state index in [1.807, 2.05) is 12.1 Å². The van der Waals surface area contributed by atoms with Gasteiger partial charge >= 0.3 is 0 Å². The third kappa shape index (κ3) is 3.59. The first-order valence-corrected chi connectivity index (χ1v) is 6.88. The normalized spacial score (nSPS) is 11.6. The van der Waals surface area contributed by atoms with E-state index < -0.39 is 9.84 Å². The van der Waals surface area contributed by atoms with E-state index in [2.05, 4.69) is 5.32 Å². The summed E-state index contributed by atoms with van der Waals surface area (Å²) >= 11 is 0. The molecule has 1 rings (SSSR count). The van der Waals surface area contributed by atoms with Gasteiger partial charge in [-0.05, 0) is 24.1 Å². The van der Waals surface area contributed by atoms with Crippen molar-refractivity contribution in [2.75, 3.05) is 19.0 Å². The van der Waals surface area contributed by atoms with Gasteiger partial charge in [0.2, 0.25) is 0 Å². The first kappa shape index (κ1) is 13.2. The highest BCUT2D eigenvalue weighted by Crippen LogP contribution is 2.12. The van der Waals surface area contributed by atoms with Crippen LogP contribution in [0.3, 0.4) is 0 Å². The van der Waals surface area contributed by atoms with Crippen molar-refractivity contribution in [3.8, 4) is 0 Å². The summed E-state index contributed by atoms with van der Waals surface area (Å²) in [6, 6.07) is 6.88. The standard InChI is InChI=1S/C11H17NO3S/c1-2-16(14,15)11-5-3-10(4-6-11)7-8-12-9-13/h3-6,12-13H,2,7-9H2,1H3. The molecular weight excluding hydrogens is 226 g/mol. The Morgan fingerprint density at radius 2 is 1.88 bits per heavy atom. The van der Waals surface area contributed by atoms with E-state index >= 15 is 0 Å². The molecule has 0 aromatic heterocycles. The zero-order chi connectivity index (χ0) is 12.0. The minimum Gasteiger partial charge on any atom is -0.381 e. The van der Waals surface area contributed by atoms with Gasteiger partial charge in [0.25, 0.3) is 0 Å². The van der Waals surface area contributed by atoms with Crippen LogP contribution in [-0.4, -0.2) is 32.6 Å². The quantitative estimate of drug-likeness (QED) is 0.566. The zero-order valence-electron chi connectivity index (χ0n) is 9.31. The molecule has 0 heterocycles. The van der Waals surface area contributed by atoms with Crippen molar-refractivity contribution in [3.63, 3.8) is 0 Å². The first-order chi connectivity index (χ1) is 7.60. The van der Waals surface area contributed by atoms with Crippen LogP contribution in [0.25, 0.3) is 0 Å². The van der Waals surface area contributed by atoms with Crippen LogP contribution in [0.2, 0.25) is 0 Å². The summed E-state index contributed by atoms with van der Waals surface area (Å²) in [6.45, 7) is 2.27. The second kappa shape index (κ2) is 5.98. The van der Waals surface area contributed by atoms with Gasteiger partial charge < -0.3 is 5.11 Å². The summed E-state index contributed by atoms with van der Waals surface area (Å²) in [7, 11) is -3.10. The van der Waals surface area contributed by atoms with Crippen molar-refractivity contribution in [1.82, 2.24) is 5.32 Å². The summed E-state index contributed by atoms with van der Waals surface area (Å²) in [5.41, 5.74) is 1.05. The van der Waals surface area contributed by atoms with Gasteiger partial charge in [0, 0.05) is 6.54 Å². The van der Waals surface area contributed by atoms with Crippen LogP contribution >= 0.6 is 0 Å². The average Bonchev–Trinajstić information content (AvgIpc) is 2.30. The first-order valence-electron chi connectivity index (χ1n) is 5.23. The number of hydrogen-bond acceptors (Lipinski definition) is 4. The Morgan fingerprint density at radius 1 is 1.25 bits per heavy atom. The largest absolute Gasteiger partial charge is 0.381 e. The summed E-state index contributed by atoms with van der Waals surface area (Å²) in [4.78, 5) is 0.369. The average molecular weight is 243 g/mol. The molecule has 0 unspecified atom stereocenters. The molecule has 0 amide bonds. The highest BCUT2D eigenvalue weighted by Gasteiger charge is 2.10. The Balaban J connectivity index is 2.68. The Kier molecular flexibility index (Phi) is 4.92. The Bertz CT molecular complexity index is 411. The minimum atomic E-state index is -3.10. The van der Waals surface area contributed by atoms with Gasteiger partial charge in [0.1, 0.15) is 0 Å². The lowest BCUT2D eigenvalue weighted by atomic mass is 10.1. The minimum absolute atomic E-state index is 0.0394. The Morgan fingerprint density at radius 3 is 2.38 bits per heavy atom. The molecule has 5 heteroatoms. The number of aliphatic hydroxyl groups excluding tert-OH is 1. The fourth-order valence-corrected chi connectivity index (χ4v) is 2.23. The van der Waals surface area contributed by atoms with Gasteiger partial charge in [-0.15, -0.1) is 0 Å². The molecule has 2 N–H and O–H groups in total. The molecule has 90 valence electrons. The molecule has 0 radical (unpaired) electrons. The molecule has 0 aliphatic heterocycles. The van der Waals surface area contributed by atoms with Crippen LogP contribution in [0.4, 0.5) is 0 Å². The van der Waals surface area contributed by atoms with Crippen molar-refractivity contribution in [2.24, 2.45) is 0 Å². The van der Waals surface area contributed by atoms with E-state index in [4.69, 9.17) is 5.11 Å². The van der Waals surface area contributed by atoms with Crippen LogP contribution in [0.15, 0.2) is 29.2 Å². The molecule has 1 aromatic carbocycles. The zero-order valence-corrected chi connectivity index (χ0v) is 10.1. The third-order valence-corrected chi connectivity index (χ3v) is 4.12. The summed E-state index contributed by atoms with van der Waals surface area (Å²) in [5, 5.41) is 11.3. The van der Waals surface area contributed by atoms with E-state index in [0.717, 1.165) is 12.0 Å². The predicted molar refractivity (Wildman–Crippen MR) is 63.0 cm³/mol. The summed E-state index contributed by atoms with van der Waals surface area (Å²) < 4.78 is 23.1. The summed E-state index contributed by atoms with van der Waals surface area (Å²) in [6.07, 6.45) is 0.771. The highest BCUT2D eigenvalue weighted by atomic mass is 32.2. The van der Waals surface area contributed by atoms with Crippen molar-refractivity contribution in [2.45, 2.75) is 18.2 Å². The fourth-order valence-electron chi connectivity index (χ4n) is 1.34.